The Morgan fingerprint density at radius 2 is 1.94 bits per heavy atom. The lowest BCUT2D eigenvalue weighted by molar-refractivity contribution is 0.0702. The maximum absolute atomic E-state index is 13.0. The summed E-state index contributed by atoms with van der Waals surface area (Å²) in [6.07, 6.45) is 0. The molecule has 1 heterocycles. The molecular formula is C12H8F2O3S. The second-order valence-electron chi connectivity index (χ2n) is 3.56. The molecule has 1 N–H and O–H groups in total. The third kappa shape index (κ3) is 2.48. The molecule has 0 aliphatic rings. The van der Waals surface area contributed by atoms with E-state index in [2.05, 4.69) is 0 Å². The Balaban J connectivity index is 2.28. The van der Waals surface area contributed by atoms with E-state index in [4.69, 9.17) is 9.84 Å². The summed E-state index contributed by atoms with van der Waals surface area (Å²) in [5.41, 5.74) is 0.430. The van der Waals surface area contributed by atoms with E-state index in [0.29, 0.717) is 10.6 Å². The average molecular weight is 270 g/mol. The molecule has 0 spiro atoms. The molecule has 2 aromatic rings. The number of carbonyl (C=O) groups is 1. The Kier molecular flexibility index (Phi) is 3.29. The fourth-order valence-corrected chi connectivity index (χ4v) is 2.04. The van der Waals surface area contributed by atoms with Crippen LogP contribution < -0.4 is 4.74 Å². The van der Waals surface area contributed by atoms with Crippen LogP contribution in [0, 0.1) is 18.6 Å². The highest BCUT2D eigenvalue weighted by Crippen LogP contribution is 2.32. The van der Waals surface area contributed by atoms with E-state index in [-0.39, 0.29) is 10.6 Å². The molecule has 0 aliphatic heterocycles. The number of hydrogen-bond donors (Lipinski definition) is 1. The maximum Gasteiger partial charge on any atom is 0.345 e. The van der Waals surface area contributed by atoms with E-state index in [1.165, 1.54) is 12.1 Å². The van der Waals surface area contributed by atoms with Crippen molar-refractivity contribution in [3.63, 3.8) is 0 Å². The molecule has 2 rings (SSSR count). The Hall–Kier alpha value is -1.95. The first-order chi connectivity index (χ1) is 8.47. The molecule has 0 bridgehead atoms. The van der Waals surface area contributed by atoms with Crippen molar-refractivity contribution < 1.29 is 23.4 Å². The molecule has 0 aliphatic carbocycles. The summed E-state index contributed by atoms with van der Waals surface area (Å²) < 4.78 is 31.3. The fourth-order valence-electron chi connectivity index (χ4n) is 1.34. The number of thiophene rings is 1. The lowest BCUT2D eigenvalue weighted by atomic mass is 10.2. The van der Waals surface area contributed by atoms with Crippen molar-refractivity contribution in [1.29, 1.82) is 0 Å². The molecule has 1 aromatic carbocycles. The van der Waals surface area contributed by atoms with Crippen molar-refractivity contribution in [2.24, 2.45) is 0 Å². The lowest BCUT2D eigenvalue weighted by Crippen LogP contribution is -1.91. The van der Waals surface area contributed by atoms with Gasteiger partial charge in [0, 0.05) is 6.07 Å². The normalized spacial score (nSPS) is 10.4. The van der Waals surface area contributed by atoms with Gasteiger partial charge in [0.15, 0.2) is 16.7 Å². The molecule has 0 atom stereocenters. The molecule has 0 saturated heterocycles. The van der Waals surface area contributed by atoms with Crippen molar-refractivity contribution in [2.45, 2.75) is 6.92 Å². The Morgan fingerprint density at radius 1 is 1.28 bits per heavy atom. The molecule has 0 radical (unpaired) electrons. The predicted molar refractivity (Wildman–Crippen MR) is 62.4 cm³/mol. The van der Waals surface area contributed by atoms with Crippen LogP contribution in [-0.2, 0) is 0 Å². The summed E-state index contributed by atoms with van der Waals surface area (Å²) in [4.78, 5) is 10.8. The summed E-state index contributed by atoms with van der Waals surface area (Å²) in [7, 11) is 0. The van der Waals surface area contributed by atoms with Crippen molar-refractivity contribution >= 4 is 17.3 Å². The zero-order chi connectivity index (χ0) is 13.3. The number of carboxylic acid groups (broad SMARTS) is 1. The van der Waals surface area contributed by atoms with Crippen LogP contribution in [0.4, 0.5) is 8.78 Å². The maximum atomic E-state index is 13.0. The van der Waals surface area contributed by atoms with Crippen LogP contribution in [0.25, 0.3) is 0 Å². The molecule has 0 fully saturated rings. The first-order valence-electron chi connectivity index (χ1n) is 4.94. The largest absolute Gasteiger partial charge is 0.477 e. The minimum atomic E-state index is -1.06. The number of aryl methyl sites for hydroxylation is 1. The quantitative estimate of drug-likeness (QED) is 0.922. The number of benzene rings is 1. The van der Waals surface area contributed by atoms with Crippen molar-refractivity contribution in [3.05, 3.63) is 46.3 Å². The number of ether oxygens (including phenoxy) is 1. The number of carboxylic acids is 1. The van der Waals surface area contributed by atoms with Gasteiger partial charge in [0.2, 0.25) is 0 Å². The van der Waals surface area contributed by atoms with E-state index in [1.54, 1.807) is 6.92 Å². The minimum absolute atomic E-state index is 0.116. The minimum Gasteiger partial charge on any atom is -0.477 e. The topological polar surface area (TPSA) is 46.5 Å². The van der Waals surface area contributed by atoms with Gasteiger partial charge in [-0.25, -0.2) is 13.6 Å². The van der Waals surface area contributed by atoms with Gasteiger partial charge >= 0.3 is 5.97 Å². The monoisotopic (exact) mass is 270 g/mol. The van der Waals surface area contributed by atoms with Crippen molar-refractivity contribution in [1.82, 2.24) is 0 Å². The molecule has 0 amide bonds. The number of aromatic carboxylic acids is 1. The number of halogens is 2. The van der Waals surface area contributed by atoms with Crippen LogP contribution in [0.2, 0.25) is 0 Å². The van der Waals surface area contributed by atoms with Gasteiger partial charge in [-0.2, -0.15) is 0 Å². The molecule has 3 nitrogen and oxygen atoms in total. The van der Waals surface area contributed by atoms with Gasteiger partial charge in [-0.3, -0.25) is 0 Å². The SMILES string of the molecule is Cc1cc(F)c(F)cc1Oc1ccc(C(=O)O)s1. The van der Waals surface area contributed by atoms with E-state index >= 15 is 0 Å². The van der Waals surface area contributed by atoms with E-state index in [9.17, 15) is 13.6 Å². The van der Waals surface area contributed by atoms with E-state index < -0.39 is 17.6 Å². The highest BCUT2D eigenvalue weighted by Gasteiger charge is 2.12. The molecule has 1 aromatic heterocycles. The molecule has 0 unspecified atom stereocenters. The van der Waals surface area contributed by atoms with Crippen LogP contribution in [0.5, 0.6) is 10.8 Å². The van der Waals surface area contributed by atoms with Crippen LogP contribution in [-0.4, -0.2) is 11.1 Å². The second-order valence-corrected chi connectivity index (χ2v) is 4.60. The van der Waals surface area contributed by atoms with Crippen molar-refractivity contribution in [3.8, 4) is 10.8 Å². The van der Waals surface area contributed by atoms with Crippen LogP contribution >= 0.6 is 11.3 Å². The summed E-state index contributed by atoms with van der Waals surface area (Å²) in [6.45, 7) is 1.57. The van der Waals surface area contributed by atoms with Crippen LogP contribution in [0.3, 0.4) is 0 Å². The molecule has 94 valence electrons. The average Bonchev–Trinajstić information content (AvgIpc) is 2.74. The molecular weight excluding hydrogens is 262 g/mol. The Bertz CT molecular complexity index is 607. The first kappa shape index (κ1) is 12.5. The Labute approximate surface area is 105 Å². The van der Waals surface area contributed by atoms with Crippen molar-refractivity contribution in [2.75, 3.05) is 0 Å². The third-order valence-corrected chi connectivity index (χ3v) is 3.17. The van der Waals surface area contributed by atoms with Crippen LogP contribution in [0.15, 0.2) is 24.3 Å². The summed E-state index contributed by atoms with van der Waals surface area (Å²) >= 11 is 0.917. The van der Waals surface area contributed by atoms with Gasteiger partial charge in [0.1, 0.15) is 10.6 Å². The van der Waals surface area contributed by atoms with Gasteiger partial charge in [0.05, 0.1) is 0 Å². The number of hydrogen-bond acceptors (Lipinski definition) is 3. The smallest absolute Gasteiger partial charge is 0.345 e. The highest BCUT2D eigenvalue weighted by atomic mass is 32.1. The summed E-state index contributed by atoms with van der Waals surface area (Å²) in [5.74, 6) is -2.85. The molecule has 18 heavy (non-hydrogen) atoms. The van der Waals surface area contributed by atoms with Gasteiger partial charge in [-0.05, 0) is 30.7 Å². The predicted octanol–water partition coefficient (Wildman–Crippen LogP) is 3.83. The number of rotatable bonds is 3. The van der Waals surface area contributed by atoms with Crippen LogP contribution in [0.1, 0.15) is 15.2 Å². The third-order valence-electron chi connectivity index (χ3n) is 2.22. The summed E-state index contributed by atoms with van der Waals surface area (Å²) in [6, 6.07) is 4.81. The Morgan fingerprint density at radius 3 is 2.56 bits per heavy atom. The lowest BCUT2D eigenvalue weighted by Gasteiger charge is -2.06. The van der Waals surface area contributed by atoms with E-state index in [1.807, 2.05) is 0 Å². The molecule has 0 saturated carbocycles. The van der Waals surface area contributed by atoms with Gasteiger partial charge in [0.25, 0.3) is 0 Å². The van der Waals surface area contributed by atoms with E-state index in [0.717, 1.165) is 23.5 Å². The van der Waals surface area contributed by atoms with Gasteiger partial charge in [-0.15, -0.1) is 0 Å². The second kappa shape index (κ2) is 4.73. The zero-order valence-corrected chi connectivity index (χ0v) is 10.1. The highest BCUT2D eigenvalue weighted by molar-refractivity contribution is 7.15. The molecule has 6 heteroatoms. The zero-order valence-electron chi connectivity index (χ0n) is 9.24. The first-order valence-corrected chi connectivity index (χ1v) is 5.75. The summed E-state index contributed by atoms with van der Waals surface area (Å²) in [5, 5.41) is 9.05. The van der Waals surface area contributed by atoms with Gasteiger partial charge < -0.3 is 9.84 Å². The fraction of sp³-hybridized carbons (Fsp3) is 0.0833. The standard InChI is InChI=1S/C12H8F2O3S/c1-6-4-7(13)8(14)5-9(6)17-11-3-2-10(18-11)12(15)16/h2-5H,1H3,(H,15,16). The van der Waals surface area contributed by atoms with Gasteiger partial charge in [-0.1, -0.05) is 11.3 Å².